The highest BCUT2D eigenvalue weighted by molar-refractivity contribution is 7.91. The highest BCUT2D eigenvalue weighted by Gasteiger charge is 2.28. The molecule has 0 bridgehead atoms. The molecule has 0 atom stereocenters. The van der Waals surface area contributed by atoms with E-state index >= 15 is 0 Å². The Bertz CT molecular complexity index is 1150. The van der Waals surface area contributed by atoms with Crippen molar-refractivity contribution in [3.8, 4) is 0 Å². The molecule has 0 aromatic heterocycles. The number of rotatable bonds is 6. The van der Waals surface area contributed by atoms with Crippen molar-refractivity contribution in [2.75, 3.05) is 37.4 Å². The van der Waals surface area contributed by atoms with Gasteiger partial charge in [0.25, 0.3) is 5.91 Å². The van der Waals surface area contributed by atoms with Crippen molar-refractivity contribution in [1.82, 2.24) is 4.31 Å². The standard InChI is InChI=1S/C20H24N2O6S2/c1-3-29(24,25)18-7-5-4-6-17(18)21-20(23)16-9-8-15(2)19(14-16)30(26,27)22-10-12-28-13-11-22/h4-9,14H,3,10-13H2,1-2H3,(H,21,23). The number of nitrogens with one attached hydrogen (secondary N) is 1. The topological polar surface area (TPSA) is 110 Å². The molecule has 10 heteroatoms. The van der Waals surface area contributed by atoms with Crippen molar-refractivity contribution in [1.29, 1.82) is 0 Å². The van der Waals surface area contributed by atoms with Gasteiger partial charge < -0.3 is 10.1 Å². The molecule has 1 saturated heterocycles. The minimum absolute atomic E-state index is 0.0223. The lowest BCUT2D eigenvalue weighted by Crippen LogP contribution is -2.40. The Hall–Kier alpha value is -2.27. The molecule has 1 aliphatic rings. The van der Waals surface area contributed by atoms with Crippen molar-refractivity contribution in [3.05, 3.63) is 53.6 Å². The molecule has 30 heavy (non-hydrogen) atoms. The largest absolute Gasteiger partial charge is 0.379 e. The molecule has 162 valence electrons. The molecule has 3 rings (SSSR count). The van der Waals surface area contributed by atoms with Gasteiger partial charge in [-0.3, -0.25) is 4.79 Å². The van der Waals surface area contributed by atoms with E-state index in [1.807, 2.05) is 0 Å². The first kappa shape index (κ1) is 22.4. The number of hydrogen-bond donors (Lipinski definition) is 1. The van der Waals surface area contributed by atoms with E-state index in [0.29, 0.717) is 18.8 Å². The highest BCUT2D eigenvalue weighted by Crippen LogP contribution is 2.25. The normalized spacial score (nSPS) is 15.7. The number of morpholine rings is 1. The maximum absolute atomic E-state index is 13.0. The quantitative estimate of drug-likeness (QED) is 0.718. The van der Waals surface area contributed by atoms with Crippen LogP contribution in [0.3, 0.4) is 0 Å². The number of sulfonamides is 1. The van der Waals surface area contributed by atoms with Crippen LogP contribution in [0.1, 0.15) is 22.8 Å². The summed E-state index contributed by atoms with van der Waals surface area (Å²) in [6, 6.07) is 10.5. The van der Waals surface area contributed by atoms with Crippen LogP contribution in [0.5, 0.6) is 0 Å². The first-order valence-corrected chi connectivity index (χ1v) is 12.6. The Labute approximate surface area is 176 Å². The first-order valence-electron chi connectivity index (χ1n) is 9.48. The van der Waals surface area contributed by atoms with Gasteiger partial charge in [0.15, 0.2) is 9.84 Å². The zero-order valence-corrected chi connectivity index (χ0v) is 18.4. The van der Waals surface area contributed by atoms with Crippen molar-refractivity contribution >= 4 is 31.5 Å². The summed E-state index contributed by atoms with van der Waals surface area (Å²) in [5.74, 6) is -0.695. The van der Waals surface area contributed by atoms with Gasteiger partial charge in [-0.15, -0.1) is 0 Å². The molecule has 2 aromatic carbocycles. The summed E-state index contributed by atoms with van der Waals surface area (Å²) < 4.78 is 57.2. The number of carbonyl (C=O) groups excluding carboxylic acids is 1. The number of nitrogens with zero attached hydrogens (tertiary/aromatic N) is 1. The van der Waals surface area contributed by atoms with E-state index in [-0.39, 0.29) is 39.9 Å². The van der Waals surface area contributed by atoms with Crippen LogP contribution in [0.15, 0.2) is 52.3 Å². The van der Waals surface area contributed by atoms with E-state index in [1.54, 1.807) is 25.1 Å². The summed E-state index contributed by atoms with van der Waals surface area (Å²) in [5.41, 5.74) is 0.797. The molecule has 1 heterocycles. The maximum atomic E-state index is 13.0. The van der Waals surface area contributed by atoms with Gasteiger partial charge in [-0.05, 0) is 36.8 Å². The number of sulfone groups is 1. The lowest BCUT2D eigenvalue weighted by molar-refractivity contribution is 0.0730. The molecule has 1 fully saturated rings. The average Bonchev–Trinajstić information content (AvgIpc) is 2.74. The molecule has 1 amide bonds. The van der Waals surface area contributed by atoms with E-state index in [0.717, 1.165) is 0 Å². The Balaban J connectivity index is 1.93. The fraction of sp³-hybridized carbons (Fsp3) is 0.350. The molecule has 0 radical (unpaired) electrons. The molecule has 0 spiro atoms. The lowest BCUT2D eigenvalue weighted by Gasteiger charge is -2.26. The fourth-order valence-electron chi connectivity index (χ4n) is 3.14. The van der Waals surface area contributed by atoms with Crippen molar-refractivity contribution in [2.45, 2.75) is 23.6 Å². The predicted molar refractivity (Wildman–Crippen MR) is 113 cm³/mol. The zero-order valence-electron chi connectivity index (χ0n) is 16.8. The molecule has 8 nitrogen and oxygen atoms in total. The number of carbonyl (C=O) groups is 1. The number of aryl methyl sites for hydroxylation is 1. The first-order chi connectivity index (χ1) is 14.2. The van der Waals surface area contributed by atoms with Crippen LogP contribution in [-0.4, -0.2) is 59.1 Å². The molecule has 0 saturated carbocycles. The summed E-state index contributed by atoms with van der Waals surface area (Å²) in [6.07, 6.45) is 0. The number of ether oxygens (including phenoxy) is 1. The molecular formula is C20H24N2O6S2. The van der Waals surface area contributed by atoms with Crippen LogP contribution in [0.25, 0.3) is 0 Å². The third-order valence-corrected chi connectivity index (χ3v) is 8.72. The van der Waals surface area contributed by atoms with Gasteiger partial charge >= 0.3 is 0 Å². The molecule has 1 N–H and O–H groups in total. The monoisotopic (exact) mass is 452 g/mol. The molecule has 0 aliphatic carbocycles. The van der Waals surface area contributed by atoms with Crippen molar-refractivity contribution in [2.24, 2.45) is 0 Å². The van der Waals surface area contributed by atoms with Gasteiger partial charge in [0, 0.05) is 18.7 Å². The van der Waals surface area contributed by atoms with Gasteiger partial charge in [-0.1, -0.05) is 25.1 Å². The fourth-order valence-corrected chi connectivity index (χ4v) is 5.85. The number of para-hydroxylation sites is 1. The Kier molecular flexibility index (Phi) is 6.61. The smallest absolute Gasteiger partial charge is 0.255 e. The summed E-state index contributed by atoms with van der Waals surface area (Å²) >= 11 is 0. The predicted octanol–water partition coefficient (Wildman–Crippen LogP) is 2.06. The van der Waals surface area contributed by atoms with Gasteiger partial charge in [0.2, 0.25) is 10.0 Å². The van der Waals surface area contributed by atoms with E-state index in [1.165, 1.54) is 35.5 Å². The third-order valence-electron chi connectivity index (χ3n) is 4.89. The minimum Gasteiger partial charge on any atom is -0.379 e. The second-order valence-electron chi connectivity index (χ2n) is 6.85. The van der Waals surface area contributed by atoms with E-state index < -0.39 is 25.8 Å². The van der Waals surface area contributed by atoms with Crippen LogP contribution in [0.4, 0.5) is 5.69 Å². The van der Waals surface area contributed by atoms with Crippen molar-refractivity contribution < 1.29 is 26.4 Å². The second-order valence-corrected chi connectivity index (χ2v) is 11.0. The summed E-state index contributed by atoms with van der Waals surface area (Å²) in [5, 5.41) is 2.60. The van der Waals surface area contributed by atoms with Crippen LogP contribution in [-0.2, 0) is 24.6 Å². The molecule has 1 aliphatic heterocycles. The van der Waals surface area contributed by atoms with Gasteiger partial charge in [0.1, 0.15) is 0 Å². The Morgan fingerprint density at radius 2 is 1.70 bits per heavy atom. The number of amides is 1. The van der Waals surface area contributed by atoms with Crippen molar-refractivity contribution in [3.63, 3.8) is 0 Å². The number of hydrogen-bond acceptors (Lipinski definition) is 6. The Morgan fingerprint density at radius 1 is 1.03 bits per heavy atom. The van der Waals surface area contributed by atoms with Crippen LogP contribution in [0, 0.1) is 6.92 Å². The van der Waals surface area contributed by atoms with Gasteiger partial charge in [-0.25, -0.2) is 16.8 Å². The van der Waals surface area contributed by atoms with Crippen LogP contribution < -0.4 is 5.32 Å². The lowest BCUT2D eigenvalue weighted by atomic mass is 10.1. The van der Waals surface area contributed by atoms with E-state index in [2.05, 4.69) is 5.32 Å². The number of benzene rings is 2. The summed E-state index contributed by atoms with van der Waals surface area (Å²) in [6.45, 7) is 4.33. The second kappa shape index (κ2) is 8.84. The van der Waals surface area contributed by atoms with E-state index in [9.17, 15) is 21.6 Å². The Morgan fingerprint density at radius 3 is 2.37 bits per heavy atom. The zero-order chi connectivity index (χ0) is 21.9. The minimum atomic E-state index is -3.78. The van der Waals surface area contributed by atoms with Gasteiger partial charge in [0.05, 0.1) is 34.4 Å². The molecule has 2 aromatic rings. The molecular weight excluding hydrogens is 428 g/mol. The maximum Gasteiger partial charge on any atom is 0.255 e. The summed E-state index contributed by atoms with van der Waals surface area (Å²) in [4.78, 5) is 12.9. The number of anilines is 1. The molecule has 0 unspecified atom stereocenters. The summed E-state index contributed by atoms with van der Waals surface area (Å²) in [7, 11) is -7.32. The van der Waals surface area contributed by atoms with E-state index in [4.69, 9.17) is 4.74 Å². The third kappa shape index (κ3) is 4.56. The van der Waals surface area contributed by atoms with Crippen LogP contribution in [0.2, 0.25) is 0 Å². The highest BCUT2D eigenvalue weighted by atomic mass is 32.2. The average molecular weight is 453 g/mol. The van der Waals surface area contributed by atoms with Gasteiger partial charge in [-0.2, -0.15) is 4.31 Å². The SMILES string of the molecule is CCS(=O)(=O)c1ccccc1NC(=O)c1ccc(C)c(S(=O)(=O)N2CCOCC2)c1. The van der Waals surface area contributed by atoms with Crippen LogP contribution >= 0.6 is 0 Å².